The first-order valence-corrected chi connectivity index (χ1v) is 11.9. The number of rotatable bonds is 4. The van der Waals surface area contributed by atoms with Gasteiger partial charge in [-0.15, -0.1) is 6.42 Å². The molecule has 1 unspecified atom stereocenters. The molecule has 0 fully saturated rings. The summed E-state index contributed by atoms with van der Waals surface area (Å²) in [4.78, 5) is 26.8. The molecule has 1 aliphatic rings. The van der Waals surface area contributed by atoms with Gasteiger partial charge in [-0.2, -0.15) is 9.97 Å². The molecule has 9 heteroatoms. The number of nitrogens with one attached hydrogen (secondary N) is 1. The van der Waals surface area contributed by atoms with Gasteiger partial charge in [-0.05, 0) is 48.6 Å². The second-order valence-corrected chi connectivity index (χ2v) is 9.14. The van der Waals surface area contributed by atoms with Crippen LogP contribution in [0.25, 0.3) is 33.0 Å². The molecule has 6 rings (SSSR count). The van der Waals surface area contributed by atoms with E-state index in [9.17, 15) is 14.3 Å². The zero-order valence-electron chi connectivity index (χ0n) is 20.5. The number of aromatic hydroxyl groups is 1. The van der Waals surface area contributed by atoms with Crippen molar-refractivity contribution in [2.24, 2.45) is 0 Å². The lowest BCUT2D eigenvalue weighted by molar-refractivity contribution is 0.382. The van der Waals surface area contributed by atoms with Crippen LogP contribution in [0.2, 0.25) is 0 Å². The predicted molar refractivity (Wildman–Crippen MR) is 141 cm³/mol. The van der Waals surface area contributed by atoms with Gasteiger partial charge in [0.05, 0.1) is 18.2 Å². The fourth-order valence-electron chi connectivity index (χ4n) is 5.14. The van der Waals surface area contributed by atoms with E-state index in [-0.39, 0.29) is 45.9 Å². The summed E-state index contributed by atoms with van der Waals surface area (Å²) in [5.74, 6) is 2.07. The molecule has 2 aromatic carbocycles. The first kappa shape index (κ1) is 23.4. The Morgan fingerprint density at radius 2 is 2.05 bits per heavy atom. The maximum Gasteiger partial charge on any atom is 0.349 e. The number of benzene rings is 2. The third-order valence-electron chi connectivity index (χ3n) is 6.84. The van der Waals surface area contributed by atoms with Crippen LogP contribution in [0.1, 0.15) is 22.4 Å². The fourth-order valence-corrected chi connectivity index (χ4v) is 5.14. The number of halogens is 1. The number of aryl methyl sites for hydroxylation is 1. The maximum absolute atomic E-state index is 14.6. The molecule has 0 saturated heterocycles. The van der Waals surface area contributed by atoms with Crippen LogP contribution in [0.15, 0.2) is 51.8 Å². The van der Waals surface area contributed by atoms with Crippen molar-refractivity contribution in [2.75, 3.05) is 12.4 Å². The summed E-state index contributed by atoms with van der Waals surface area (Å²) in [6, 6.07) is 9.53. The highest BCUT2D eigenvalue weighted by atomic mass is 19.1. The quantitative estimate of drug-likeness (QED) is 0.341. The average Bonchev–Trinajstić information content (AvgIpc) is 3.32. The summed E-state index contributed by atoms with van der Waals surface area (Å²) < 4.78 is 25.8. The van der Waals surface area contributed by atoms with Crippen LogP contribution in [-0.4, -0.2) is 33.2 Å². The minimum atomic E-state index is -0.699. The normalized spacial score (nSPS) is 14.4. The second-order valence-electron chi connectivity index (χ2n) is 9.14. The van der Waals surface area contributed by atoms with Crippen molar-refractivity contribution < 1.29 is 18.7 Å². The lowest BCUT2D eigenvalue weighted by Crippen LogP contribution is -2.22. The third-order valence-corrected chi connectivity index (χ3v) is 6.84. The molecule has 0 bridgehead atoms. The zero-order valence-corrected chi connectivity index (χ0v) is 20.5. The minimum absolute atomic E-state index is 0.00308. The Bertz CT molecular complexity index is 1850. The molecular weight excluding hydrogens is 487 g/mol. The molecule has 2 N–H and O–H groups in total. The van der Waals surface area contributed by atoms with Crippen molar-refractivity contribution in [2.45, 2.75) is 25.8 Å². The van der Waals surface area contributed by atoms with Crippen LogP contribution >= 0.6 is 0 Å². The zero-order chi connectivity index (χ0) is 26.6. The highest BCUT2D eigenvalue weighted by molar-refractivity contribution is 6.03. The van der Waals surface area contributed by atoms with Crippen molar-refractivity contribution in [1.82, 2.24) is 15.0 Å². The van der Waals surface area contributed by atoms with E-state index in [1.807, 2.05) is 12.1 Å². The Morgan fingerprint density at radius 1 is 1.21 bits per heavy atom. The fraction of sp³-hybridized carbons (Fsp3) is 0.172. The van der Waals surface area contributed by atoms with Gasteiger partial charge in [0.25, 0.3) is 0 Å². The summed E-state index contributed by atoms with van der Waals surface area (Å²) in [5.41, 5.74) is 2.47. The van der Waals surface area contributed by atoms with Crippen LogP contribution in [0.3, 0.4) is 0 Å². The van der Waals surface area contributed by atoms with Gasteiger partial charge in [0.2, 0.25) is 0 Å². The first-order valence-electron chi connectivity index (χ1n) is 11.9. The molecule has 0 radical (unpaired) electrons. The lowest BCUT2D eigenvalue weighted by atomic mass is 9.95. The van der Waals surface area contributed by atoms with E-state index >= 15 is 0 Å². The number of hydrogen-bond acceptors (Lipinski definition) is 8. The van der Waals surface area contributed by atoms with Gasteiger partial charge < -0.3 is 19.6 Å². The van der Waals surface area contributed by atoms with Gasteiger partial charge in [-0.25, -0.2) is 9.18 Å². The number of terminal acetylenes is 1. The van der Waals surface area contributed by atoms with E-state index < -0.39 is 11.4 Å². The van der Waals surface area contributed by atoms with E-state index in [1.165, 1.54) is 31.4 Å². The van der Waals surface area contributed by atoms with Crippen LogP contribution in [-0.2, 0) is 12.8 Å². The summed E-state index contributed by atoms with van der Waals surface area (Å²) >= 11 is 0. The molecule has 1 aliphatic carbocycles. The first-order chi connectivity index (χ1) is 18.4. The number of ether oxygens (including phenoxy) is 1. The number of nitrogens with zero attached hydrogens (tertiary/aromatic N) is 3. The van der Waals surface area contributed by atoms with Crippen LogP contribution < -0.4 is 15.7 Å². The van der Waals surface area contributed by atoms with Crippen LogP contribution in [0, 0.1) is 25.1 Å². The van der Waals surface area contributed by atoms with Crippen LogP contribution in [0.5, 0.6) is 11.8 Å². The largest absolute Gasteiger partial charge is 0.508 e. The topological polar surface area (TPSA) is 110 Å². The molecule has 5 aromatic rings. The summed E-state index contributed by atoms with van der Waals surface area (Å²) in [6.07, 6.45) is 8.78. The number of aromatic nitrogens is 3. The average molecular weight is 509 g/mol. The van der Waals surface area contributed by atoms with E-state index in [4.69, 9.17) is 15.6 Å². The van der Waals surface area contributed by atoms with Gasteiger partial charge in [0, 0.05) is 40.9 Å². The second kappa shape index (κ2) is 8.85. The van der Waals surface area contributed by atoms with E-state index in [0.29, 0.717) is 28.3 Å². The molecule has 0 saturated carbocycles. The van der Waals surface area contributed by atoms with Gasteiger partial charge in [0.1, 0.15) is 28.5 Å². The number of phenols is 1. The minimum Gasteiger partial charge on any atom is -0.508 e. The number of phenolic OH excluding ortho intramolecular Hbond substituents is 1. The Hall–Kier alpha value is -4.97. The van der Waals surface area contributed by atoms with Gasteiger partial charge in [-0.3, -0.25) is 4.98 Å². The Kier molecular flexibility index (Phi) is 5.46. The van der Waals surface area contributed by atoms with Crippen molar-refractivity contribution in [3.63, 3.8) is 0 Å². The standard InChI is InChI=1S/C29H21FN4O4/c1-4-19-21(30)8-7-16-11-18(35)13-20(23(16)19)26-14(2)25-24(28(36)38-26)27(34-29(33-25)37-3)32-17-10-15-6-5-9-31-22(15)12-17/h1,5-9,11,13,17,35H,10,12H2,2-3H3,(H,32,33,34). The molecule has 3 heterocycles. The number of fused-ring (bicyclic) bond motifs is 3. The molecule has 8 nitrogen and oxygen atoms in total. The van der Waals surface area contributed by atoms with Crippen molar-refractivity contribution in [1.29, 1.82) is 0 Å². The third kappa shape index (κ3) is 3.69. The van der Waals surface area contributed by atoms with Gasteiger partial charge in [-0.1, -0.05) is 18.1 Å². The molecule has 0 aliphatic heterocycles. The maximum atomic E-state index is 14.6. The molecule has 188 valence electrons. The summed E-state index contributed by atoms with van der Waals surface area (Å²) in [6.45, 7) is 1.72. The summed E-state index contributed by atoms with van der Waals surface area (Å²) in [7, 11) is 1.44. The molecular formula is C29H21FN4O4. The Morgan fingerprint density at radius 3 is 2.82 bits per heavy atom. The van der Waals surface area contributed by atoms with Crippen molar-refractivity contribution >= 4 is 27.5 Å². The van der Waals surface area contributed by atoms with Crippen molar-refractivity contribution in [3.05, 3.63) is 81.2 Å². The van der Waals surface area contributed by atoms with Crippen LogP contribution in [0.4, 0.5) is 10.2 Å². The smallest absolute Gasteiger partial charge is 0.349 e. The summed E-state index contributed by atoms with van der Waals surface area (Å²) in [5, 5.41) is 14.8. The monoisotopic (exact) mass is 508 g/mol. The number of hydrogen-bond donors (Lipinski definition) is 2. The molecule has 0 amide bonds. The molecule has 0 spiro atoms. The van der Waals surface area contributed by atoms with Crippen molar-refractivity contribution in [3.8, 4) is 35.4 Å². The number of pyridine rings is 1. The number of methoxy groups -OCH3 is 1. The highest BCUT2D eigenvalue weighted by Crippen LogP contribution is 2.39. The Labute approximate surface area is 216 Å². The SMILES string of the molecule is C#Cc1c(F)ccc2cc(O)cc(-c3oc(=O)c4c(NC5Cc6cccnc6C5)nc(OC)nc4c3C)c12. The molecule has 38 heavy (non-hydrogen) atoms. The molecule has 1 atom stereocenters. The van der Waals surface area contributed by atoms with Gasteiger partial charge >= 0.3 is 11.6 Å². The lowest BCUT2D eigenvalue weighted by Gasteiger charge is -2.17. The van der Waals surface area contributed by atoms with E-state index in [0.717, 1.165) is 17.7 Å². The Balaban J connectivity index is 1.56. The van der Waals surface area contributed by atoms with E-state index in [2.05, 4.69) is 26.2 Å². The number of anilines is 1. The van der Waals surface area contributed by atoms with Gasteiger partial charge in [0.15, 0.2) is 0 Å². The highest BCUT2D eigenvalue weighted by Gasteiger charge is 2.26. The van der Waals surface area contributed by atoms with E-state index in [1.54, 1.807) is 13.1 Å². The predicted octanol–water partition coefficient (Wildman–Crippen LogP) is 4.52. The molecule has 3 aromatic heterocycles.